The largest absolute Gasteiger partial charge is 0.463 e. The van der Waals surface area contributed by atoms with Crippen LogP contribution in [-0.4, -0.2) is 59.2 Å². The summed E-state index contributed by atoms with van der Waals surface area (Å²) in [6.45, 7) is 2.81. The summed E-state index contributed by atoms with van der Waals surface area (Å²) in [4.78, 5) is 36.1. The third kappa shape index (κ3) is 5.24. The number of halogens is 1. The quantitative estimate of drug-likeness (QED) is 0.183. The second-order valence-corrected chi connectivity index (χ2v) is 5.41. The SMILES string of the molecule is CC(=O)OC[C@H]1O[C@@](O)(Cl)[C@H](N=[N+]=[N-])[C@@H](OC(C)=O)[C@@H]1OC(C)=O. The molecule has 134 valence electrons. The number of ether oxygens (including phenoxy) is 4. The number of carbonyl (C=O) groups excluding carboxylic acids is 3. The first-order valence-corrected chi connectivity index (χ1v) is 7.07. The van der Waals surface area contributed by atoms with Gasteiger partial charge in [0, 0.05) is 25.7 Å². The van der Waals surface area contributed by atoms with Crippen LogP contribution in [0, 0.1) is 0 Å². The van der Waals surface area contributed by atoms with Gasteiger partial charge in [-0.2, -0.15) is 0 Å². The molecule has 1 saturated heterocycles. The van der Waals surface area contributed by atoms with Crippen molar-refractivity contribution in [2.45, 2.75) is 50.4 Å². The molecule has 0 radical (unpaired) electrons. The van der Waals surface area contributed by atoms with Gasteiger partial charge in [-0.3, -0.25) is 14.4 Å². The van der Waals surface area contributed by atoms with Gasteiger partial charge in [-0.1, -0.05) is 16.7 Å². The van der Waals surface area contributed by atoms with Crippen molar-refractivity contribution in [1.82, 2.24) is 0 Å². The van der Waals surface area contributed by atoms with Crippen molar-refractivity contribution in [3.8, 4) is 0 Å². The number of nitrogens with zero attached hydrogens (tertiary/aromatic N) is 3. The number of hydrogen-bond acceptors (Lipinski definition) is 9. The van der Waals surface area contributed by atoms with Gasteiger partial charge in [-0.25, -0.2) is 0 Å². The van der Waals surface area contributed by atoms with Crippen LogP contribution < -0.4 is 0 Å². The normalized spacial score (nSPS) is 32.2. The van der Waals surface area contributed by atoms with Crippen LogP contribution >= 0.6 is 11.6 Å². The van der Waals surface area contributed by atoms with E-state index in [4.69, 9.17) is 36.1 Å². The van der Waals surface area contributed by atoms with E-state index in [-0.39, 0.29) is 0 Å². The molecule has 0 unspecified atom stereocenters. The molecule has 1 fully saturated rings. The third-order valence-electron chi connectivity index (χ3n) is 2.91. The minimum Gasteiger partial charge on any atom is -0.463 e. The van der Waals surface area contributed by atoms with Crippen molar-refractivity contribution in [2.75, 3.05) is 6.61 Å². The van der Waals surface area contributed by atoms with E-state index < -0.39 is 54.1 Å². The molecule has 0 aromatic heterocycles. The van der Waals surface area contributed by atoms with Gasteiger partial charge < -0.3 is 24.1 Å². The Morgan fingerprint density at radius 2 is 1.75 bits per heavy atom. The standard InChI is InChI=1S/C12H16ClN3O8/c1-5(17)21-4-8-9(22-6(2)18)10(23-7(3)19)11(15-16-14)12(13,20)24-8/h8-11,20H,4H2,1-3H3/t8-,9-,10+,11-,12-/m1/s1. The molecular formula is C12H16ClN3O8. The molecule has 0 amide bonds. The predicted octanol–water partition coefficient (Wildman–Crippen LogP) is 0.375. The Morgan fingerprint density at radius 1 is 1.21 bits per heavy atom. The average molecular weight is 366 g/mol. The zero-order valence-electron chi connectivity index (χ0n) is 13.0. The van der Waals surface area contributed by atoms with Gasteiger partial charge in [0.05, 0.1) is 0 Å². The third-order valence-corrected chi connectivity index (χ3v) is 3.23. The van der Waals surface area contributed by atoms with E-state index in [2.05, 4.69) is 10.0 Å². The zero-order valence-corrected chi connectivity index (χ0v) is 13.8. The number of alkyl halides is 1. The highest BCUT2D eigenvalue weighted by Crippen LogP contribution is 2.36. The summed E-state index contributed by atoms with van der Waals surface area (Å²) in [6.07, 6.45) is -4.06. The van der Waals surface area contributed by atoms with Crippen LogP contribution in [0.2, 0.25) is 0 Å². The Morgan fingerprint density at radius 3 is 2.21 bits per heavy atom. The summed E-state index contributed by atoms with van der Waals surface area (Å²) in [7, 11) is 0. The maximum absolute atomic E-state index is 11.3. The van der Waals surface area contributed by atoms with Crippen molar-refractivity contribution < 1.29 is 38.4 Å². The van der Waals surface area contributed by atoms with Gasteiger partial charge in [0.25, 0.3) is 5.25 Å². The van der Waals surface area contributed by atoms with Crippen molar-refractivity contribution >= 4 is 29.5 Å². The molecule has 0 aromatic rings. The molecule has 0 aliphatic carbocycles. The molecule has 24 heavy (non-hydrogen) atoms. The number of hydrogen-bond donors (Lipinski definition) is 1. The lowest BCUT2D eigenvalue weighted by Gasteiger charge is -2.45. The number of esters is 3. The Bertz CT molecular complexity index is 563. The van der Waals surface area contributed by atoms with E-state index in [1.165, 1.54) is 0 Å². The Hall–Kier alpha value is -2.07. The van der Waals surface area contributed by atoms with Gasteiger partial charge >= 0.3 is 17.9 Å². The fourth-order valence-corrected chi connectivity index (χ4v) is 2.40. The van der Waals surface area contributed by atoms with Gasteiger partial charge in [0.1, 0.15) is 18.8 Å². The van der Waals surface area contributed by atoms with Crippen molar-refractivity contribution in [2.24, 2.45) is 5.11 Å². The average Bonchev–Trinajstić information content (AvgIpc) is 2.43. The molecule has 0 saturated carbocycles. The smallest absolute Gasteiger partial charge is 0.303 e. The van der Waals surface area contributed by atoms with E-state index in [1.807, 2.05) is 0 Å². The summed E-state index contributed by atoms with van der Waals surface area (Å²) in [5, 5.41) is 10.8. The summed E-state index contributed by atoms with van der Waals surface area (Å²) in [5.74, 6) is -2.25. The zero-order chi connectivity index (χ0) is 18.5. The fourth-order valence-electron chi connectivity index (χ4n) is 2.12. The molecule has 0 aromatic carbocycles. The minimum atomic E-state index is -2.58. The summed E-state index contributed by atoms with van der Waals surface area (Å²) in [5.41, 5.74) is 8.63. The molecule has 1 rings (SSSR count). The lowest BCUT2D eigenvalue weighted by molar-refractivity contribution is -0.280. The summed E-state index contributed by atoms with van der Waals surface area (Å²) < 4.78 is 19.9. The fraction of sp³-hybridized carbons (Fsp3) is 0.750. The van der Waals surface area contributed by atoms with Crippen LogP contribution in [0.3, 0.4) is 0 Å². The summed E-state index contributed by atoms with van der Waals surface area (Å²) >= 11 is 5.80. The van der Waals surface area contributed by atoms with Crippen molar-refractivity contribution in [1.29, 1.82) is 0 Å². The summed E-state index contributed by atoms with van der Waals surface area (Å²) in [6, 6.07) is -1.62. The Balaban J connectivity index is 3.24. The number of azide groups is 1. The molecule has 11 nitrogen and oxygen atoms in total. The van der Waals surface area contributed by atoms with Crippen LogP contribution in [-0.2, 0) is 33.3 Å². The van der Waals surface area contributed by atoms with Gasteiger partial charge in [0.15, 0.2) is 12.2 Å². The van der Waals surface area contributed by atoms with Crippen molar-refractivity contribution in [3.05, 3.63) is 10.4 Å². The van der Waals surface area contributed by atoms with E-state index in [0.29, 0.717) is 0 Å². The molecule has 1 heterocycles. The van der Waals surface area contributed by atoms with Crippen LogP contribution in [0.5, 0.6) is 0 Å². The monoisotopic (exact) mass is 365 g/mol. The maximum Gasteiger partial charge on any atom is 0.303 e. The Labute approximate surface area is 141 Å². The van der Waals surface area contributed by atoms with Gasteiger partial charge in [-0.15, -0.1) is 0 Å². The highest BCUT2D eigenvalue weighted by Gasteiger charge is 2.56. The van der Waals surface area contributed by atoms with Gasteiger partial charge in [0.2, 0.25) is 0 Å². The van der Waals surface area contributed by atoms with E-state index in [9.17, 15) is 19.5 Å². The van der Waals surface area contributed by atoms with Crippen LogP contribution in [0.1, 0.15) is 20.8 Å². The second kappa shape index (κ2) is 8.15. The van der Waals surface area contributed by atoms with Crippen LogP contribution in [0.4, 0.5) is 0 Å². The van der Waals surface area contributed by atoms with Crippen molar-refractivity contribution in [3.63, 3.8) is 0 Å². The Kier molecular flexibility index (Phi) is 6.79. The molecule has 12 heteroatoms. The molecule has 0 spiro atoms. The molecular weight excluding hydrogens is 350 g/mol. The topological polar surface area (TPSA) is 157 Å². The van der Waals surface area contributed by atoms with E-state index in [1.54, 1.807) is 0 Å². The highest BCUT2D eigenvalue weighted by atomic mass is 35.5. The van der Waals surface area contributed by atoms with E-state index in [0.717, 1.165) is 20.8 Å². The second-order valence-electron chi connectivity index (χ2n) is 4.87. The first kappa shape index (κ1) is 20.0. The lowest BCUT2D eigenvalue weighted by atomic mass is 9.96. The van der Waals surface area contributed by atoms with Gasteiger partial charge in [-0.05, 0) is 5.53 Å². The first-order chi connectivity index (χ1) is 11.1. The molecule has 1 aliphatic rings. The van der Waals surface area contributed by atoms with Crippen LogP contribution in [0.25, 0.3) is 10.4 Å². The predicted molar refractivity (Wildman–Crippen MR) is 76.4 cm³/mol. The first-order valence-electron chi connectivity index (χ1n) is 6.69. The molecule has 5 atom stereocenters. The maximum atomic E-state index is 11.3. The number of rotatable bonds is 5. The number of aliphatic hydroxyl groups is 1. The highest BCUT2D eigenvalue weighted by molar-refractivity contribution is 6.22. The minimum absolute atomic E-state index is 0.455. The lowest BCUT2D eigenvalue weighted by Crippen LogP contribution is -2.64. The number of carbonyl (C=O) groups is 3. The van der Waals surface area contributed by atoms with Crippen LogP contribution in [0.15, 0.2) is 5.11 Å². The molecule has 0 bridgehead atoms. The molecule has 1 aliphatic heterocycles. The van der Waals surface area contributed by atoms with E-state index >= 15 is 0 Å². The molecule has 1 N–H and O–H groups in total.